The first kappa shape index (κ1) is 16.0. The van der Waals surface area contributed by atoms with Crippen molar-refractivity contribution in [3.05, 3.63) is 12.2 Å². The Morgan fingerprint density at radius 1 is 1.26 bits per heavy atom. The predicted octanol–water partition coefficient (Wildman–Crippen LogP) is 3.42. The lowest BCUT2D eigenvalue weighted by Gasteiger charge is -2.29. The van der Waals surface area contributed by atoms with Gasteiger partial charge in [0.05, 0.1) is 12.7 Å². The highest BCUT2D eigenvalue weighted by Gasteiger charge is 2.24. The number of hydrogen-bond acceptors (Lipinski definition) is 3. The largest absolute Gasteiger partial charge is 0.444 e. The molecule has 1 saturated carbocycles. The normalized spacial score (nSPS) is 24.4. The summed E-state index contributed by atoms with van der Waals surface area (Å²) in [5.74, 6) is 0. The summed E-state index contributed by atoms with van der Waals surface area (Å²) in [6.07, 6.45) is 7.94. The van der Waals surface area contributed by atoms with Gasteiger partial charge in [-0.05, 0) is 53.4 Å². The second-order valence-electron chi connectivity index (χ2n) is 6.02. The van der Waals surface area contributed by atoms with Crippen molar-refractivity contribution in [1.29, 1.82) is 0 Å². The molecule has 0 unspecified atom stereocenters. The summed E-state index contributed by atoms with van der Waals surface area (Å²) < 4.78 is 11.0. The smallest absolute Gasteiger partial charge is 0.407 e. The third-order valence-corrected chi connectivity index (χ3v) is 3.06. The average molecular weight is 269 g/mol. The summed E-state index contributed by atoms with van der Waals surface area (Å²) in [6, 6.07) is 0.219. The predicted molar refractivity (Wildman–Crippen MR) is 76.2 cm³/mol. The minimum absolute atomic E-state index is 0.219. The molecule has 0 aromatic heterocycles. The molecule has 4 nitrogen and oxygen atoms in total. The summed E-state index contributed by atoms with van der Waals surface area (Å²) in [5, 5.41) is 2.93. The second-order valence-corrected chi connectivity index (χ2v) is 6.02. The molecule has 110 valence electrons. The van der Waals surface area contributed by atoms with Crippen LogP contribution in [-0.2, 0) is 9.47 Å². The number of carbonyl (C=O) groups is 1. The summed E-state index contributed by atoms with van der Waals surface area (Å²) in [5.41, 5.74) is -0.434. The molecule has 0 atom stereocenters. The Kier molecular flexibility index (Phi) is 6.35. The first-order valence-electron chi connectivity index (χ1n) is 7.13. The Labute approximate surface area is 116 Å². The van der Waals surface area contributed by atoms with Gasteiger partial charge in [0.25, 0.3) is 0 Å². The fourth-order valence-electron chi connectivity index (χ4n) is 2.14. The topological polar surface area (TPSA) is 47.6 Å². The maximum atomic E-state index is 11.6. The van der Waals surface area contributed by atoms with Crippen molar-refractivity contribution in [1.82, 2.24) is 5.32 Å². The summed E-state index contributed by atoms with van der Waals surface area (Å²) in [6.45, 7) is 8.30. The Bertz CT molecular complexity index is 299. The van der Waals surface area contributed by atoms with Crippen LogP contribution in [0.4, 0.5) is 4.79 Å². The van der Waals surface area contributed by atoms with E-state index in [4.69, 9.17) is 9.47 Å². The van der Waals surface area contributed by atoms with Crippen molar-refractivity contribution in [2.75, 3.05) is 6.61 Å². The highest BCUT2D eigenvalue weighted by Crippen LogP contribution is 2.21. The molecule has 1 aliphatic carbocycles. The lowest BCUT2D eigenvalue weighted by molar-refractivity contribution is 0.0303. The fourth-order valence-corrected chi connectivity index (χ4v) is 2.14. The van der Waals surface area contributed by atoms with E-state index in [1.54, 1.807) is 0 Å². The Balaban J connectivity index is 2.21. The maximum Gasteiger partial charge on any atom is 0.407 e. The molecule has 1 N–H and O–H groups in total. The van der Waals surface area contributed by atoms with Crippen LogP contribution in [0.25, 0.3) is 0 Å². The first-order valence-corrected chi connectivity index (χ1v) is 7.13. The number of hydrogen-bond donors (Lipinski definition) is 1. The van der Waals surface area contributed by atoms with Gasteiger partial charge in [-0.25, -0.2) is 4.79 Å². The van der Waals surface area contributed by atoms with Gasteiger partial charge in [-0.15, -0.1) is 0 Å². The second kappa shape index (κ2) is 7.53. The molecule has 1 amide bonds. The molecule has 1 fully saturated rings. The van der Waals surface area contributed by atoms with Crippen LogP contribution in [0.5, 0.6) is 0 Å². The van der Waals surface area contributed by atoms with E-state index in [1.165, 1.54) is 0 Å². The van der Waals surface area contributed by atoms with Gasteiger partial charge < -0.3 is 14.8 Å². The third kappa shape index (κ3) is 7.21. The van der Waals surface area contributed by atoms with Crippen molar-refractivity contribution in [3.8, 4) is 0 Å². The number of alkyl carbamates (subject to hydrolysis) is 1. The molecule has 0 saturated heterocycles. The van der Waals surface area contributed by atoms with Gasteiger partial charge in [-0.1, -0.05) is 12.2 Å². The third-order valence-electron chi connectivity index (χ3n) is 3.06. The molecule has 4 heteroatoms. The molecule has 0 spiro atoms. The lowest BCUT2D eigenvalue weighted by Crippen LogP contribution is -2.41. The van der Waals surface area contributed by atoms with Crippen molar-refractivity contribution in [3.63, 3.8) is 0 Å². The molecule has 0 bridgehead atoms. The number of nitrogens with one attached hydrogen (secondary N) is 1. The monoisotopic (exact) mass is 269 g/mol. The Morgan fingerprint density at radius 3 is 2.42 bits per heavy atom. The molecule has 0 radical (unpaired) electrons. The summed E-state index contributed by atoms with van der Waals surface area (Å²) in [7, 11) is 0. The van der Waals surface area contributed by atoms with Gasteiger partial charge in [0, 0.05) is 6.04 Å². The molecule has 0 heterocycles. The minimum Gasteiger partial charge on any atom is -0.444 e. The van der Waals surface area contributed by atoms with Crippen LogP contribution in [-0.4, -0.2) is 30.4 Å². The SMILES string of the molecule is CC=CCOC1CCC(NC(=O)OC(C)(C)C)CC1. The highest BCUT2D eigenvalue weighted by atomic mass is 16.6. The number of allylic oxidation sites excluding steroid dienone is 1. The van der Waals surface area contributed by atoms with Gasteiger partial charge in [-0.2, -0.15) is 0 Å². The van der Waals surface area contributed by atoms with E-state index >= 15 is 0 Å². The quantitative estimate of drug-likeness (QED) is 0.796. The van der Waals surface area contributed by atoms with Gasteiger partial charge in [0.15, 0.2) is 0 Å². The minimum atomic E-state index is -0.434. The number of amides is 1. The average Bonchev–Trinajstić information content (AvgIpc) is 2.29. The lowest BCUT2D eigenvalue weighted by atomic mass is 9.93. The van der Waals surface area contributed by atoms with Gasteiger partial charge in [-0.3, -0.25) is 0 Å². The fraction of sp³-hybridized carbons (Fsp3) is 0.800. The maximum absolute atomic E-state index is 11.6. The molecule has 0 aromatic rings. The van der Waals surface area contributed by atoms with E-state index in [9.17, 15) is 4.79 Å². The van der Waals surface area contributed by atoms with E-state index in [1.807, 2.05) is 39.8 Å². The van der Waals surface area contributed by atoms with Gasteiger partial charge >= 0.3 is 6.09 Å². The zero-order valence-corrected chi connectivity index (χ0v) is 12.6. The van der Waals surface area contributed by atoms with Crippen LogP contribution in [0, 0.1) is 0 Å². The van der Waals surface area contributed by atoms with Crippen LogP contribution in [0.1, 0.15) is 53.4 Å². The van der Waals surface area contributed by atoms with Crippen LogP contribution in [0.2, 0.25) is 0 Å². The van der Waals surface area contributed by atoms with Crippen molar-refractivity contribution >= 4 is 6.09 Å². The van der Waals surface area contributed by atoms with Crippen LogP contribution in [0.15, 0.2) is 12.2 Å². The number of carbonyl (C=O) groups excluding carboxylic acids is 1. The Hall–Kier alpha value is -1.03. The zero-order valence-electron chi connectivity index (χ0n) is 12.6. The molecular weight excluding hydrogens is 242 g/mol. The van der Waals surface area contributed by atoms with E-state index in [0.29, 0.717) is 12.7 Å². The van der Waals surface area contributed by atoms with Crippen molar-refractivity contribution in [2.45, 2.75) is 71.1 Å². The van der Waals surface area contributed by atoms with E-state index in [0.717, 1.165) is 25.7 Å². The van der Waals surface area contributed by atoms with Crippen molar-refractivity contribution < 1.29 is 14.3 Å². The van der Waals surface area contributed by atoms with Gasteiger partial charge in [0.2, 0.25) is 0 Å². The first-order chi connectivity index (χ1) is 8.90. The molecule has 0 aromatic carbocycles. The van der Waals surface area contributed by atoms with E-state index in [2.05, 4.69) is 5.32 Å². The van der Waals surface area contributed by atoms with Crippen molar-refractivity contribution in [2.24, 2.45) is 0 Å². The standard InChI is InChI=1S/C15H27NO3/c1-5-6-11-18-13-9-7-12(8-10-13)16-14(17)19-15(2,3)4/h5-6,12-13H,7-11H2,1-4H3,(H,16,17). The molecule has 0 aliphatic heterocycles. The van der Waals surface area contributed by atoms with Crippen LogP contribution in [0.3, 0.4) is 0 Å². The molecule has 1 aliphatic rings. The van der Waals surface area contributed by atoms with Gasteiger partial charge in [0.1, 0.15) is 5.60 Å². The van der Waals surface area contributed by atoms with Crippen LogP contribution >= 0.6 is 0 Å². The molecule has 19 heavy (non-hydrogen) atoms. The summed E-state index contributed by atoms with van der Waals surface area (Å²) >= 11 is 0. The summed E-state index contributed by atoms with van der Waals surface area (Å²) in [4.78, 5) is 11.6. The Morgan fingerprint density at radius 2 is 1.89 bits per heavy atom. The zero-order chi connectivity index (χ0) is 14.3. The van der Waals surface area contributed by atoms with Crippen LogP contribution < -0.4 is 5.32 Å². The highest BCUT2D eigenvalue weighted by molar-refractivity contribution is 5.68. The van der Waals surface area contributed by atoms with E-state index in [-0.39, 0.29) is 12.1 Å². The molecule has 1 rings (SSSR count). The van der Waals surface area contributed by atoms with E-state index < -0.39 is 5.60 Å². The number of ether oxygens (including phenoxy) is 2. The number of rotatable bonds is 4. The molecular formula is C15H27NO3.